The van der Waals surface area contributed by atoms with Crippen molar-refractivity contribution in [2.24, 2.45) is 5.41 Å². The Kier molecular flexibility index (Phi) is 12.5. The number of alkyl halides is 3. The minimum atomic E-state index is -4.55. The molecule has 5 heterocycles. The average Bonchev–Trinajstić information content (AvgIpc) is 3.99. The number of aromatic hydroxyl groups is 2. The van der Waals surface area contributed by atoms with Crippen LogP contribution >= 0.6 is 0 Å². The van der Waals surface area contributed by atoms with Crippen LogP contribution in [0.25, 0.3) is 21.7 Å². The van der Waals surface area contributed by atoms with Crippen molar-refractivity contribution in [1.29, 1.82) is 0 Å². The van der Waals surface area contributed by atoms with Crippen LogP contribution in [-0.2, 0) is 11.0 Å². The Morgan fingerprint density at radius 2 is 1.72 bits per heavy atom. The summed E-state index contributed by atoms with van der Waals surface area (Å²) >= 11 is 0. The lowest BCUT2D eigenvalue weighted by Crippen LogP contribution is -2.63. The molecule has 1 saturated carbocycles. The van der Waals surface area contributed by atoms with Gasteiger partial charge in [-0.3, -0.25) is 24.5 Å². The maximum atomic E-state index is 13.6. The van der Waals surface area contributed by atoms with Gasteiger partial charge in [-0.05, 0) is 87.6 Å². The summed E-state index contributed by atoms with van der Waals surface area (Å²) in [5, 5.41) is 50.0. The van der Waals surface area contributed by atoms with Gasteiger partial charge in [0, 0.05) is 97.9 Å². The van der Waals surface area contributed by atoms with E-state index in [1.807, 2.05) is 19.2 Å². The minimum absolute atomic E-state index is 0.00721. The highest BCUT2D eigenvalue weighted by atomic mass is 19.4. The molecule has 0 radical (unpaired) electrons. The Hall–Kier alpha value is -5.80. The van der Waals surface area contributed by atoms with E-state index in [1.165, 1.54) is 10.6 Å². The molecule has 0 bridgehead atoms. The highest BCUT2D eigenvalue weighted by Crippen LogP contribution is 2.48. The number of piperazine rings is 1. The highest BCUT2D eigenvalue weighted by molar-refractivity contribution is 5.95. The van der Waals surface area contributed by atoms with E-state index in [9.17, 15) is 38.4 Å². The first-order valence-electron chi connectivity index (χ1n) is 22.8. The molecule has 67 heavy (non-hydrogen) atoms. The van der Waals surface area contributed by atoms with Gasteiger partial charge in [0.15, 0.2) is 11.5 Å². The summed E-state index contributed by atoms with van der Waals surface area (Å²) in [7, 11) is 3.38. The number of nitrogens with zero attached hydrogens (tertiary/aromatic N) is 7. The van der Waals surface area contributed by atoms with E-state index < -0.39 is 36.3 Å². The number of hydrogen-bond donors (Lipinski definition) is 7. The number of halogens is 3. The molecule has 5 aromatic rings. The molecule has 1 amide bonds. The van der Waals surface area contributed by atoms with E-state index >= 15 is 0 Å². The fraction of sp³-hybridized carbons (Fsp3) is 0.511. The number of amides is 1. The molecular weight excluding hydrogens is 874 g/mol. The number of fused-ring (bicyclic) bond motifs is 2. The molecule has 4 aliphatic rings. The number of carbonyl (C=O) groups is 1. The number of piperidine rings is 1. The van der Waals surface area contributed by atoms with Crippen LogP contribution < -0.4 is 30.7 Å². The Labute approximate surface area is 385 Å². The predicted octanol–water partition coefficient (Wildman–Crippen LogP) is 4.77. The van der Waals surface area contributed by atoms with Crippen LogP contribution in [-0.4, -0.2) is 147 Å². The van der Waals surface area contributed by atoms with Crippen molar-refractivity contribution in [1.82, 2.24) is 34.6 Å². The zero-order chi connectivity index (χ0) is 47.5. The van der Waals surface area contributed by atoms with Crippen LogP contribution in [0.3, 0.4) is 0 Å². The lowest BCUT2D eigenvalue weighted by Gasteiger charge is -2.49. The van der Waals surface area contributed by atoms with Crippen molar-refractivity contribution in [2.75, 3.05) is 89.1 Å². The summed E-state index contributed by atoms with van der Waals surface area (Å²) in [4.78, 5) is 31.5. The van der Waals surface area contributed by atoms with Crippen molar-refractivity contribution in [3.05, 3.63) is 65.5 Å². The molecule has 2 aromatic heterocycles. The number of nitrogens with two attached hydrogens (primary N) is 1. The minimum Gasteiger partial charge on any atom is -0.494 e. The van der Waals surface area contributed by atoms with Crippen molar-refractivity contribution >= 4 is 44.8 Å². The fourth-order valence-electron chi connectivity index (χ4n) is 9.79. The number of aliphatic hydroxyl groups is 2. The van der Waals surface area contributed by atoms with E-state index in [2.05, 4.69) is 35.3 Å². The van der Waals surface area contributed by atoms with Gasteiger partial charge in [0.2, 0.25) is 17.7 Å². The Morgan fingerprint density at radius 1 is 0.985 bits per heavy atom. The second kappa shape index (κ2) is 18.0. The molecule has 360 valence electrons. The van der Waals surface area contributed by atoms with Gasteiger partial charge in [-0.25, -0.2) is 9.97 Å². The van der Waals surface area contributed by atoms with Gasteiger partial charge in [0.25, 0.3) is 0 Å². The molecule has 3 aromatic carbocycles. The van der Waals surface area contributed by atoms with E-state index in [-0.39, 0.29) is 28.8 Å². The highest BCUT2D eigenvalue weighted by Gasteiger charge is 2.46. The molecule has 8 N–H and O–H groups in total. The number of likely N-dealkylation sites (N-methyl/N-ethyl adjacent to an activating group) is 1. The molecular formula is C47H59F3N10O7. The molecule has 3 unspecified atom stereocenters. The van der Waals surface area contributed by atoms with Gasteiger partial charge in [0.05, 0.1) is 43.4 Å². The summed E-state index contributed by atoms with van der Waals surface area (Å²) < 4.78 is 54.3. The average molecular weight is 933 g/mol. The number of anilines is 3. The van der Waals surface area contributed by atoms with Crippen LogP contribution in [0.1, 0.15) is 61.6 Å². The number of carbonyl (C=O) groups excluding carboxylic acids is 1. The lowest BCUT2D eigenvalue weighted by molar-refractivity contribution is -0.137. The van der Waals surface area contributed by atoms with E-state index in [0.717, 1.165) is 69.9 Å². The van der Waals surface area contributed by atoms with Gasteiger partial charge < -0.3 is 50.8 Å². The molecule has 4 atom stereocenters. The predicted molar refractivity (Wildman–Crippen MR) is 246 cm³/mol. The van der Waals surface area contributed by atoms with Crippen molar-refractivity contribution in [3.8, 4) is 23.3 Å². The standard InChI is InChI=1S/C47H59F3N10O7/c1-26(28-15-29(47(48,49)50)17-30(51)16-28)52-42-35-19-39(38(66-4)20-36(35)53-27(2)54-42)67-25-46(9-10-46)24-56(3)41(62)23-57-11-13-58(14-12-57)32-21-59(22-32)31-5-6-33-34(18-31)45(65)60(44(33)64)37-7-8-40(61)55-43(37)63/h5-6,15-20,26,32,37,40,43,55,61,63-65H,7-14,21-25,51H2,1-4H3,(H,52,53,54)/t26-,37?,40?,43?/m1/s1. The number of rotatable bonds is 14. The third kappa shape index (κ3) is 9.54. The summed E-state index contributed by atoms with van der Waals surface area (Å²) in [6.07, 6.45) is -3.97. The SMILES string of the molecule is COc1cc2nc(C)nc(N[C@H](C)c3cc(N)cc(C(F)(F)F)c3)c2cc1OCC1(CN(C)C(=O)CN2CCN(C3CN(c4ccc5c(O)n(C6CCC(O)NC6O)c(O)c5c4)C3)CC2)CC1. The summed E-state index contributed by atoms with van der Waals surface area (Å²) in [6.45, 7) is 9.50. The number of aromatic nitrogens is 3. The number of nitrogen functional groups attached to an aromatic ring is 1. The van der Waals surface area contributed by atoms with Crippen molar-refractivity contribution in [2.45, 2.75) is 76.3 Å². The number of aryl methyl sites for hydroxylation is 1. The normalized spacial score (nSPS) is 21.9. The van der Waals surface area contributed by atoms with Crippen molar-refractivity contribution in [3.63, 3.8) is 0 Å². The Bertz CT molecular complexity index is 2650. The monoisotopic (exact) mass is 932 g/mol. The van der Waals surface area contributed by atoms with Crippen LogP contribution in [0, 0.1) is 12.3 Å². The molecule has 1 aliphatic carbocycles. The third-order valence-electron chi connectivity index (χ3n) is 14.0. The third-order valence-corrected chi connectivity index (χ3v) is 14.0. The largest absolute Gasteiger partial charge is 0.494 e. The van der Waals surface area contributed by atoms with Crippen LogP contribution in [0.15, 0.2) is 48.5 Å². The van der Waals surface area contributed by atoms with Gasteiger partial charge >= 0.3 is 6.18 Å². The zero-order valence-corrected chi connectivity index (χ0v) is 38.1. The molecule has 3 aliphatic heterocycles. The van der Waals surface area contributed by atoms with Crippen LogP contribution in [0.5, 0.6) is 23.3 Å². The number of benzene rings is 3. The maximum absolute atomic E-state index is 13.6. The van der Waals surface area contributed by atoms with Gasteiger partial charge in [0.1, 0.15) is 24.1 Å². The van der Waals surface area contributed by atoms with E-state index in [4.69, 9.17) is 15.2 Å². The van der Waals surface area contributed by atoms with Crippen LogP contribution in [0.4, 0.5) is 30.4 Å². The summed E-state index contributed by atoms with van der Waals surface area (Å²) in [5.41, 5.74) is 6.66. The van der Waals surface area contributed by atoms with E-state index in [0.29, 0.717) is 89.0 Å². The first-order valence-corrected chi connectivity index (χ1v) is 22.8. The number of hydrogen-bond acceptors (Lipinski definition) is 15. The number of nitrogens with one attached hydrogen (secondary N) is 2. The van der Waals surface area contributed by atoms with Gasteiger partial charge in [-0.15, -0.1) is 0 Å². The Balaban J connectivity index is 0.765. The number of aliphatic hydroxyl groups excluding tert-OH is 2. The van der Waals surface area contributed by atoms with Gasteiger partial charge in [-0.2, -0.15) is 13.2 Å². The number of ether oxygens (including phenoxy) is 2. The number of methoxy groups -OCH3 is 1. The fourth-order valence-corrected chi connectivity index (χ4v) is 9.79. The van der Waals surface area contributed by atoms with Gasteiger partial charge in [-0.1, -0.05) is 0 Å². The van der Waals surface area contributed by atoms with E-state index in [1.54, 1.807) is 44.1 Å². The zero-order valence-electron chi connectivity index (χ0n) is 38.1. The topological polar surface area (TPSA) is 210 Å². The molecule has 9 rings (SSSR count). The Morgan fingerprint density at radius 3 is 2.40 bits per heavy atom. The second-order valence-corrected chi connectivity index (χ2v) is 18.8. The molecule has 3 saturated heterocycles. The quantitative estimate of drug-likeness (QED) is 0.0749. The summed E-state index contributed by atoms with van der Waals surface area (Å²) in [5.74, 6) is 1.61. The first-order chi connectivity index (χ1) is 31.9. The maximum Gasteiger partial charge on any atom is 0.416 e. The smallest absolute Gasteiger partial charge is 0.416 e. The summed E-state index contributed by atoms with van der Waals surface area (Å²) in [6, 6.07) is 11.8. The molecule has 4 fully saturated rings. The van der Waals surface area contributed by atoms with Crippen LogP contribution in [0.2, 0.25) is 0 Å². The molecule has 17 nitrogen and oxygen atoms in total. The van der Waals surface area contributed by atoms with Crippen molar-refractivity contribution < 1.29 is 47.9 Å². The lowest BCUT2D eigenvalue weighted by atomic mass is 10.0. The first kappa shape index (κ1) is 46.3. The second-order valence-electron chi connectivity index (χ2n) is 18.8. The molecule has 20 heteroatoms. The molecule has 0 spiro atoms.